The molecule has 130 valence electrons. The van der Waals surface area contributed by atoms with Crippen molar-refractivity contribution in [1.29, 1.82) is 0 Å². The number of carbonyl (C=O) groups excluding carboxylic acids is 2. The van der Waals surface area contributed by atoms with E-state index in [1.165, 1.54) is 6.07 Å². The molecule has 1 heterocycles. The summed E-state index contributed by atoms with van der Waals surface area (Å²) in [7, 11) is 0. The van der Waals surface area contributed by atoms with E-state index in [1.54, 1.807) is 23.1 Å². The first-order valence-corrected chi connectivity index (χ1v) is 8.33. The van der Waals surface area contributed by atoms with Crippen LogP contribution in [0.4, 0.5) is 10.1 Å². The van der Waals surface area contributed by atoms with Gasteiger partial charge in [0, 0.05) is 30.8 Å². The summed E-state index contributed by atoms with van der Waals surface area (Å²) in [5.74, 6) is -1.05. The fourth-order valence-electron chi connectivity index (χ4n) is 3.00. The summed E-state index contributed by atoms with van der Waals surface area (Å²) >= 11 is 0. The van der Waals surface area contributed by atoms with Crippen molar-refractivity contribution >= 4 is 17.5 Å². The van der Waals surface area contributed by atoms with Crippen molar-refractivity contribution < 1.29 is 14.0 Å². The Hall–Kier alpha value is -2.69. The molecule has 1 fully saturated rings. The second kappa shape index (κ2) is 7.05. The number of hydrogen-bond acceptors (Lipinski definition) is 2. The van der Waals surface area contributed by atoms with Gasteiger partial charge in [0.15, 0.2) is 0 Å². The fourth-order valence-corrected chi connectivity index (χ4v) is 3.00. The number of nitrogens with zero attached hydrogens (tertiary/aromatic N) is 1. The molecule has 1 aliphatic rings. The molecule has 1 saturated heterocycles. The zero-order chi connectivity index (χ0) is 18.0. The normalized spacial score (nSPS) is 17.0. The van der Waals surface area contributed by atoms with Gasteiger partial charge in [-0.05, 0) is 43.2 Å². The number of anilines is 1. The van der Waals surface area contributed by atoms with Crippen molar-refractivity contribution in [3.63, 3.8) is 0 Å². The monoisotopic (exact) mass is 340 g/mol. The zero-order valence-corrected chi connectivity index (χ0v) is 14.4. The molecule has 0 spiro atoms. The smallest absolute Gasteiger partial charge is 0.229 e. The van der Waals surface area contributed by atoms with Crippen LogP contribution in [0.3, 0.4) is 0 Å². The SMILES string of the molecule is Cc1ccc(NC(=O)[C@@H]2CC(=O)N(Cc3ccccc3F)C2)cc1C. The Morgan fingerprint density at radius 3 is 2.68 bits per heavy atom. The minimum Gasteiger partial charge on any atom is -0.337 e. The van der Waals surface area contributed by atoms with Gasteiger partial charge in [0.05, 0.1) is 5.92 Å². The van der Waals surface area contributed by atoms with Crippen LogP contribution in [0.15, 0.2) is 42.5 Å². The van der Waals surface area contributed by atoms with E-state index in [2.05, 4.69) is 5.32 Å². The number of nitrogens with one attached hydrogen (secondary N) is 1. The van der Waals surface area contributed by atoms with Gasteiger partial charge >= 0.3 is 0 Å². The van der Waals surface area contributed by atoms with E-state index in [4.69, 9.17) is 0 Å². The van der Waals surface area contributed by atoms with Gasteiger partial charge in [-0.25, -0.2) is 4.39 Å². The van der Waals surface area contributed by atoms with E-state index in [0.29, 0.717) is 12.1 Å². The largest absolute Gasteiger partial charge is 0.337 e. The quantitative estimate of drug-likeness (QED) is 0.927. The van der Waals surface area contributed by atoms with Gasteiger partial charge in [-0.3, -0.25) is 9.59 Å². The average Bonchev–Trinajstić information content (AvgIpc) is 2.94. The van der Waals surface area contributed by atoms with Crippen LogP contribution < -0.4 is 5.32 Å². The molecule has 2 aromatic carbocycles. The molecule has 0 unspecified atom stereocenters. The molecule has 2 amide bonds. The number of hydrogen-bond donors (Lipinski definition) is 1. The topological polar surface area (TPSA) is 49.4 Å². The van der Waals surface area contributed by atoms with Crippen molar-refractivity contribution in [1.82, 2.24) is 4.90 Å². The molecule has 0 radical (unpaired) electrons. The van der Waals surface area contributed by atoms with Crippen LogP contribution in [0.2, 0.25) is 0 Å². The number of aryl methyl sites for hydroxylation is 2. The third-order valence-corrected chi connectivity index (χ3v) is 4.68. The second-order valence-electron chi connectivity index (χ2n) is 6.56. The molecule has 1 atom stereocenters. The van der Waals surface area contributed by atoms with Crippen molar-refractivity contribution in [3.05, 3.63) is 65.0 Å². The Morgan fingerprint density at radius 2 is 1.96 bits per heavy atom. The van der Waals surface area contributed by atoms with E-state index < -0.39 is 5.92 Å². The lowest BCUT2D eigenvalue weighted by atomic mass is 10.1. The molecule has 1 aliphatic heterocycles. The van der Waals surface area contributed by atoms with Gasteiger partial charge in [0.2, 0.25) is 11.8 Å². The molecular formula is C20H21FN2O2. The molecule has 1 N–H and O–H groups in total. The van der Waals surface area contributed by atoms with Crippen molar-refractivity contribution in [2.24, 2.45) is 5.92 Å². The number of benzene rings is 2. The fraction of sp³-hybridized carbons (Fsp3) is 0.300. The zero-order valence-electron chi connectivity index (χ0n) is 14.4. The first-order valence-electron chi connectivity index (χ1n) is 8.33. The van der Waals surface area contributed by atoms with Gasteiger partial charge < -0.3 is 10.2 Å². The summed E-state index contributed by atoms with van der Waals surface area (Å²) in [5.41, 5.74) is 3.45. The highest BCUT2D eigenvalue weighted by Crippen LogP contribution is 2.23. The minimum atomic E-state index is -0.416. The Balaban J connectivity index is 1.64. The second-order valence-corrected chi connectivity index (χ2v) is 6.56. The van der Waals surface area contributed by atoms with E-state index in [1.807, 2.05) is 32.0 Å². The van der Waals surface area contributed by atoms with Gasteiger partial charge in [-0.1, -0.05) is 24.3 Å². The molecule has 25 heavy (non-hydrogen) atoms. The lowest BCUT2D eigenvalue weighted by molar-refractivity contribution is -0.128. The lowest BCUT2D eigenvalue weighted by Crippen LogP contribution is -2.28. The first-order chi connectivity index (χ1) is 11.9. The Morgan fingerprint density at radius 1 is 1.20 bits per heavy atom. The predicted molar refractivity (Wildman–Crippen MR) is 94.5 cm³/mol. The van der Waals surface area contributed by atoms with Gasteiger partial charge in [0.25, 0.3) is 0 Å². The van der Waals surface area contributed by atoms with E-state index in [-0.39, 0.29) is 30.6 Å². The maximum Gasteiger partial charge on any atom is 0.229 e. The molecular weight excluding hydrogens is 319 g/mol. The van der Waals surface area contributed by atoms with Crippen molar-refractivity contribution in [3.8, 4) is 0 Å². The van der Waals surface area contributed by atoms with Crippen LogP contribution in [0.25, 0.3) is 0 Å². The number of carbonyl (C=O) groups is 2. The third kappa shape index (κ3) is 3.87. The highest BCUT2D eigenvalue weighted by Gasteiger charge is 2.34. The molecule has 0 aromatic heterocycles. The lowest BCUT2D eigenvalue weighted by Gasteiger charge is -2.17. The summed E-state index contributed by atoms with van der Waals surface area (Å²) in [5, 5.41) is 2.88. The third-order valence-electron chi connectivity index (χ3n) is 4.68. The summed E-state index contributed by atoms with van der Waals surface area (Å²) in [4.78, 5) is 26.2. The number of halogens is 1. The maximum absolute atomic E-state index is 13.8. The van der Waals surface area contributed by atoms with Gasteiger partial charge in [-0.2, -0.15) is 0 Å². The number of amides is 2. The first kappa shape index (κ1) is 17.1. The summed E-state index contributed by atoms with van der Waals surface area (Å²) in [6.45, 7) is 4.50. The molecule has 3 rings (SSSR count). The van der Waals surface area contributed by atoms with E-state index in [0.717, 1.165) is 16.8 Å². The van der Waals surface area contributed by atoms with Crippen LogP contribution >= 0.6 is 0 Å². The predicted octanol–water partition coefficient (Wildman–Crippen LogP) is 3.43. The summed E-state index contributed by atoms with van der Waals surface area (Å²) in [6, 6.07) is 12.1. The van der Waals surface area contributed by atoms with Crippen molar-refractivity contribution in [2.75, 3.05) is 11.9 Å². The molecule has 4 nitrogen and oxygen atoms in total. The Labute approximate surface area is 146 Å². The highest BCUT2D eigenvalue weighted by molar-refractivity contribution is 5.97. The number of rotatable bonds is 4. The van der Waals surface area contributed by atoms with Crippen LogP contribution in [0.1, 0.15) is 23.1 Å². The van der Waals surface area contributed by atoms with Gasteiger partial charge in [0.1, 0.15) is 5.82 Å². The van der Waals surface area contributed by atoms with Crippen molar-refractivity contribution in [2.45, 2.75) is 26.8 Å². The maximum atomic E-state index is 13.8. The molecule has 5 heteroatoms. The van der Waals surface area contributed by atoms with Crippen LogP contribution in [-0.2, 0) is 16.1 Å². The minimum absolute atomic E-state index is 0.122. The van der Waals surface area contributed by atoms with E-state index in [9.17, 15) is 14.0 Å². The molecule has 0 aliphatic carbocycles. The standard InChI is InChI=1S/C20H21FN2O2/c1-13-7-8-17(9-14(13)2)22-20(25)16-10-19(24)23(12-16)11-15-5-3-4-6-18(15)21/h3-9,16H,10-12H2,1-2H3,(H,22,25)/t16-/m1/s1. The molecule has 0 bridgehead atoms. The Kier molecular flexibility index (Phi) is 4.83. The van der Waals surface area contributed by atoms with Crippen LogP contribution in [0, 0.1) is 25.6 Å². The molecule has 0 saturated carbocycles. The van der Waals surface area contributed by atoms with Crippen LogP contribution in [-0.4, -0.2) is 23.3 Å². The summed E-state index contributed by atoms with van der Waals surface area (Å²) in [6.07, 6.45) is 0.158. The summed E-state index contributed by atoms with van der Waals surface area (Å²) < 4.78 is 13.8. The Bertz CT molecular complexity index is 819. The highest BCUT2D eigenvalue weighted by atomic mass is 19.1. The van der Waals surface area contributed by atoms with E-state index >= 15 is 0 Å². The molecule has 2 aromatic rings. The van der Waals surface area contributed by atoms with Crippen LogP contribution in [0.5, 0.6) is 0 Å². The van der Waals surface area contributed by atoms with Gasteiger partial charge in [-0.15, -0.1) is 0 Å². The average molecular weight is 340 g/mol. The number of likely N-dealkylation sites (tertiary alicyclic amines) is 1.